The molecule has 15 heavy (non-hydrogen) atoms. The molecular formula is C12H9FIN. The summed E-state index contributed by atoms with van der Waals surface area (Å²) in [5.74, 6) is -0.221. The van der Waals surface area contributed by atoms with Gasteiger partial charge in [0.1, 0.15) is 5.82 Å². The highest BCUT2D eigenvalue weighted by Crippen LogP contribution is 2.19. The van der Waals surface area contributed by atoms with E-state index in [0.29, 0.717) is 0 Å². The quantitative estimate of drug-likeness (QED) is 0.730. The van der Waals surface area contributed by atoms with Gasteiger partial charge in [0.2, 0.25) is 0 Å². The third-order valence-corrected chi connectivity index (χ3v) is 3.30. The van der Waals surface area contributed by atoms with Crippen molar-refractivity contribution in [2.75, 3.05) is 0 Å². The predicted molar refractivity (Wildman–Crippen MR) is 67.1 cm³/mol. The maximum atomic E-state index is 12.7. The smallest absolute Gasteiger partial charge is 0.123 e. The molecule has 1 heterocycles. The molecule has 0 saturated carbocycles. The van der Waals surface area contributed by atoms with Crippen LogP contribution in [0.5, 0.6) is 0 Å². The van der Waals surface area contributed by atoms with Gasteiger partial charge in [-0.2, -0.15) is 0 Å². The summed E-state index contributed by atoms with van der Waals surface area (Å²) in [5.41, 5.74) is 2.82. The van der Waals surface area contributed by atoms with Crippen molar-refractivity contribution in [2.24, 2.45) is 0 Å². The summed E-state index contributed by atoms with van der Waals surface area (Å²) in [7, 11) is 0. The van der Waals surface area contributed by atoms with Crippen LogP contribution in [0, 0.1) is 16.3 Å². The van der Waals surface area contributed by atoms with Crippen LogP contribution in [-0.2, 0) is 0 Å². The van der Waals surface area contributed by atoms with E-state index in [1.807, 2.05) is 19.1 Å². The number of benzene rings is 1. The number of hydrogen-bond acceptors (Lipinski definition) is 1. The van der Waals surface area contributed by atoms with Crippen LogP contribution in [0.2, 0.25) is 0 Å². The Kier molecular flexibility index (Phi) is 3.00. The second-order valence-corrected chi connectivity index (χ2v) is 4.43. The van der Waals surface area contributed by atoms with Crippen molar-refractivity contribution >= 4 is 22.6 Å². The molecule has 1 aromatic heterocycles. The summed E-state index contributed by atoms with van der Waals surface area (Å²) >= 11 is 2.24. The summed E-state index contributed by atoms with van der Waals surface area (Å²) in [6.45, 7) is 1.97. The summed E-state index contributed by atoms with van der Waals surface area (Å²) in [6, 6.07) is 10.3. The van der Waals surface area contributed by atoms with Crippen LogP contribution in [0.4, 0.5) is 4.39 Å². The van der Waals surface area contributed by atoms with E-state index in [-0.39, 0.29) is 5.82 Å². The molecule has 0 aliphatic heterocycles. The number of rotatable bonds is 1. The van der Waals surface area contributed by atoms with E-state index < -0.39 is 0 Å². The second kappa shape index (κ2) is 4.26. The fourth-order valence-corrected chi connectivity index (χ4v) is 1.63. The Morgan fingerprint density at radius 3 is 2.33 bits per heavy atom. The zero-order chi connectivity index (χ0) is 10.8. The highest BCUT2D eigenvalue weighted by molar-refractivity contribution is 14.1. The van der Waals surface area contributed by atoms with Gasteiger partial charge in [-0.1, -0.05) is 0 Å². The lowest BCUT2D eigenvalue weighted by atomic mass is 10.1. The highest BCUT2D eigenvalue weighted by atomic mass is 127. The zero-order valence-corrected chi connectivity index (χ0v) is 10.3. The van der Waals surface area contributed by atoms with Gasteiger partial charge < -0.3 is 0 Å². The minimum Gasteiger partial charge on any atom is -0.252 e. The largest absolute Gasteiger partial charge is 0.252 e. The Labute approximate surface area is 102 Å². The van der Waals surface area contributed by atoms with E-state index >= 15 is 0 Å². The van der Waals surface area contributed by atoms with Crippen molar-refractivity contribution in [2.45, 2.75) is 6.92 Å². The normalized spacial score (nSPS) is 10.3. The molecule has 0 aliphatic rings. The maximum Gasteiger partial charge on any atom is 0.123 e. The first-order valence-electron chi connectivity index (χ1n) is 4.56. The van der Waals surface area contributed by atoms with Gasteiger partial charge in [-0.25, -0.2) is 4.39 Å². The third kappa shape index (κ3) is 2.34. The number of hydrogen-bond donors (Lipinski definition) is 0. The van der Waals surface area contributed by atoms with E-state index in [4.69, 9.17) is 0 Å². The van der Waals surface area contributed by atoms with Crippen LogP contribution >= 0.6 is 22.6 Å². The van der Waals surface area contributed by atoms with Crippen LogP contribution in [0.1, 0.15) is 5.69 Å². The van der Waals surface area contributed by atoms with Crippen LogP contribution in [0.3, 0.4) is 0 Å². The lowest BCUT2D eigenvalue weighted by Crippen LogP contribution is -1.89. The van der Waals surface area contributed by atoms with Gasteiger partial charge in [-0.3, -0.25) is 4.98 Å². The average molecular weight is 313 g/mol. The lowest BCUT2D eigenvalue weighted by Gasteiger charge is -2.03. The van der Waals surface area contributed by atoms with Crippen molar-refractivity contribution in [1.29, 1.82) is 0 Å². The molecule has 1 nitrogen and oxygen atoms in total. The van der Waals surface area contributed by atoms with Gasteiger partial charge in [-0.15, -0.1) is 0 Å². The summed E-state index contributed by atoms with van der Waals surface area (Å²) in [6.07, 6.45) is 0. The van der Waals surface area contributed by atoms with E-state index in [9.17, 15) is 4.39 Å². The zero-order valence-electron chi connectivity index (χ0n) is 8.17. The van der Waals surface area contributed by atoms with E-state index in [2.05, 4.69) is 27.6 Å². The van der Waals surface area contributed by atoms with E-state index in [0.717, 1.165) is 20.5 Å². The molecule has 0 saturated heterocycles. The molecule has 1 aromatic carbocycles. The van der Waals surface area contributed by atoms with Crippen LogP contribution in [0.25, 0.3) is 11.3 Å². The van der Waals surface area contributed by atoms with Crippen molar-refractivity contribution in [3.8, 4) is 11.3 Å². The topological polar surface area (TPSA) is 12.9 Å². The number of pyridine rings is 1. The van der Waals surface area contributed by atoms with Gasteiger partial charge in [0.05, 0.1) is 11.4 Å². The van der Waals surface area contributed by atoms with Crippen molar-refractivity contribution < 1.29 is 4.39 Å². The van der Waals surface area contributed by atoms with Crippen LogP contribution in [0.15, 0.2) is 36.4 Å². The summed E-state index contributed by atoms with van der Waals surface area (Å²) in [4.78, 5) is 4.44. The molecule has 2 aromatic rings. The molecule has 0 N–H and O–H groups in total. The molecule has 0 radical (unpaired) electrons. The van der Waals surface area contributed by atoms with Gasteiger partial charge in [0.15, 0.2) is 0 Å². The third-order valence-electron chi connectivity index (χ3n) is 2.16. The fourth-order valence-electron chi connectivity index (χ4n) is 1.33. The molecule has 76 valence electrons. The van der Waals surface area contributed by atoms with Gasteiger partial charge in [0.25, 0.3) is 0 Å². The van der Waals surface area contributed by atoms with Crippen LogP contribution < -0.4 is 0 Å². The Bertz CT molecular complexity index is 479. The molecule has 0 amide bonds. The standard InChI is InChI=1S/C12H9FIN/c1-8-11(14)6-7-12(15-8)9-2-4-10(13)5-3-9/h2-7H,1H3. The molecule has 0 bridgehead atoms. The second-order valence-electron chi connectivity index (χ2n) is 3.27. The van der Waals surface area contributed by atoms with Crippen molar-refractivity contribution in [3.05, 3.63) is 51.5 Å². The van der Waals surface area contributed by atoms with E-state index in [1.54, 1.807) is 12.1 Å². The van der Waals surface area contributed by atoms with Crippen molar-refractivity contribution in [1.82, 2.24) is 4.98 Å². The summed E-state index contributed by atoms with van der Waals surface area (Å²) < 4.78 is 13.9. The summed E-state index contributed by atoms with van der Waals surface area (Å²) in [5, 5.41) is 0. The molecule has 3 heteroatoms. The first-order valence-corrected chi connectivity index (χ1v) is 5.64. The number of halogens is 2. The molecule has 0 atom stereocenters. The Hall–Kier alpha value is -0.970. The number of nitrogens with zero attached hydrogens (tertiary/aromatic N) is 1. The first-order chi connectivity index (χ1) is 7.16. The van der Waals surface area contributed by atoms with E-state index in [1.165, 1.54) is 12.1 Å². The van der Waals surface area contributed by atoms with Crippen molar-refractivity contribution in [3.63, 3.8) is 0 Å². The SMILES string of the molecule is Cc1nc(-c2ccc(F)cc2)ccc1I. The molecule has 0 fully saturated rings. The average Bonchev–Trinajstić information content (AvgIpc) is 2.23. The lowest BCUT2D eigenvalue weighted by molar-refractivity contribution is 0.628. The Morgan fingerprint density at radius 2 is 1.73 bits per heavy atom. The van der Waals surface area contributed by atoms with Gasteiger partial charge >= 0.3 is 0 Å². The molecule has 2 rings (SSSR count). The monoisotopic (exact) mass is 313 g/mol. The molecular weight excluding hydrogens is 304 g/mol. The minimum absolute atomic E-state index is 0.221. The highest BCUT2D eigenvalue weighted by Gasteiger charge is 2.01. The number of aromatic nitrogens is 1. The maximum absolute atomic E-state index is 12.7. The van der Waals surface area contributed by atoms with Gasteiger partial charge in [0, 0.05) is 9.13 Å². The molecule has 0 spiro atoms. The molecule has 0 aliphatic carbocycles. The molecule has 0 unspecified atom stereocenters. The Morgan fingerprint density at radius 1 is 1.07 bits per heavy atom. The Balaban J connectivity index is 2.45. The number of aryl methyl sites for hydroxylation is 1. The predicted octanol–water partition coefficient (Wildman–Crippen LogP) is 3.80. The fraction of sp³-hybridized carbons (Fsp3) is 0.0833. The van der Waals surface area contributed by atoms with Gasteiger partial charge in [-0.05, 0) is 65.9 Å². The van der Waals surface area contributed by atoms with Crippen LogP contribution in [-0.4, -0.2) is 4.98 Å². The minimum atomic E-state index is -0.221. The first kappa shape index (κ1) is 10.5.